The number of hydrogen-bond acceptors (Lipinski definition) is 7. The number of allylic oxidation sites excluding steroid dienone is 4. The van der Waals surface area contributed by atoms with Gasteiger partial charge in [-0.15, -0.1) is 0 Å². The molecule has 0 saturated carbocycles. The molecule has 2 aromatic rings. The first kappa shape index (κ1) is 27.1. The van der Waals surface area contributed by atoms with Crippen molar-refractivity contribution < 1.29 is 21.4 Å². The molecule has 10 heteroatoms. The van der Waals surface area contributed by atoms with Crippen LogP contribution in [0.1, 0.15) is 25.0 Å². The third-order valence-corrected chi connectivity index (χ3v) is 9.18. The maximum atomic E-state index is 12.1. The molecule has 1 aliphatic heterocycles. The molecule has 2 aromatic carbocycles. The molecular weight excluding hydrogens is 504 g/mol. The predicted octanol–water partition coefficient (Wildman–Crippen LogP) is 4.92. The van der Waals surface area contributed by atoms with Crippen LogP contribution < -0.4 is 10.2 Å². The van der Waals surface area contributed by atoms with Crippen LogP contribution >= 0.6 is 10.8 Å². The molecule has 0 bridgehead atoms. The summed E-state index contributed by atoms with van der Waals surface area (Å²) in [6.45, 7) is 8.80. The van der Waals surface area contributed by atoms with Crippen LogP contribution in [0.2, 0.25) is 0 Å². The summed E-state index contributed by atoms with van der Waals surface area (Å²) in [5.74, 6) is 0.243. The molecule has 0 atom stereocenters. The Balaban J connectivity index is 1.88. The molecule has 7 nitrogen and oxygen atoms in total. The first-order valence-corrected chi connectivity index (χ1v) is 15.6. The Morgan fingerprint density at radius 3 is 2.34 bits per heavy atom. The van der Waals surface area contributed by atoms with Gasteiger partial charge in [0.1, 0.15) is 0 Å². The van der Waals surface area contributed by atoms with E-state index >= 15 is 0 Å². The quantitative estimate of drug-likeness (QED) is 0.381. The molecule has 35 heavy (non-hydrogen) atoms. The maximum absolute atomic E-state index is 12.1. The lowest BCUT2D eigenvalue weighted by molar-refractivity contribution is 0.503. The largest absolute Gasteiger partial charge is 0.374 e. The van der Waals surface area contributed by atoms with Gasteiger partial charge in [0.25, 0.3) is 0 Å². The Morgan fingerprint density at radius 1 is 1.09 bits per heavy atom. The highest BCUT2D eigenvalue weighted by molar-refractivity contribution is 8.69. The summed E-state index contributed by atoms with van der Waals surface area (Å²) in [5, 5.41) is 3.29. The van der Waals surface area contributed by atoms with Gasteiger partial charge in [0.2, 0.25) is 0 Å². The van der Waals surface area contributed by atoms with Crippen molar-refractivity contribution in [2.45, 2.75) is 24.2 Å². The number of anilines is 2. The van der Waals surface area contributed by atoms with Gasteiger partial charge in [-0.2, -0.15) is 8.42 Å². The summed E-state index contributed by atoms with van der Waals surface area (Å²) < 4.78 is 54.9. The monoisotopic (exact) mass is 534 g/mol. The normalized spacial score (nSPS) is 18.2. The van der Waals surface area contributed by atoms with Crippen LogP contribution in [0.5, 0.6) is 0 Å². The van der Waals surface area contributed by atoms with Crippen molar-refractivity contribution in [2.75, 3.05) is 35.8 Å². The first-order chi connectivity index (χ1) is 16.2. The molecule has 0 saturated heterocycles. The third kappa shape index (κ3) is 6.78. The molecule has 0 fully saturated rings. The molecule has 2 N–H and O–H groups in total. The number of fused-ring (bicyclic) bond motifs is 1. The van der Waals surface area contributed by atoms with E-state index in [0.717, 1.165) is 33.6 Å². The van der Waals surface area contributed by atoms with Crippen molar-refractivity contribution in [3.63, 3.8) is 0 Å². The lowest BCUT2D eigenvalue weighted by Gasteiger charge is -2.29. The van der Waals surface area contributed by atoms with Gasteiger partial charge in [-0.3, -0.25) is 4.55 Å². The summed E-state index contributed by atoms with van der Waals surface area (Å²) in [6.07, 6.45) is 6.97. The van der Waals surface area contributed by atoms with Crippen LogP contribution in [0.4, 0.5) is 11.4 Å². The minimum Gasteiger partial charge on any atom is -0.374 e. The second-order valence-corrected chi connectivity index (χ2v) is 14.4. The predicted molar refractivity (Wildman–Crippen MR) is 146 cm³/mol. The molecule has 188 valence electrons. The van der Waals surface area contributed by atoms with Gasteiger partial charge in [-0.1, -0.05) is 38.6 Å². The summed E-state index contributed by atoms with van der Waals surface area (Å²) >= 11 is 0. The summed E-state index contributed by atoms with van der Waals surface area (Å²) in [5.41, 5.74) is 4.76. The average Bonchev–Trinajstić information content (AvgIpc) is 2.80. The van der Waals surface area contributed by atoms with Gasteiger partial charge >= 0.3 is 9.15 Å². The zero-order chi connectivity index (χ0) is 26.0. The van der Waals surface area contributed by atoms with Crippen molar-refractivity contribution in [2.24, 2.45) is 0 Å². The Hall–Kier alpha value is -2.53. The van der Waals surface area contributed by atoms with Crippen LogP contribution in [0.3, 0.4) is 0 Å². The van der Waals surface area contributed by atoms with E-state index in [-0.39, 0.29) is 10.6 Å². The van der Waals surface area contributed by atoms with Gasteiger partial charge in [-0.25, -0.2) is 8.42 Å². The van der Waals surface area contributed by atoms with Crippen LogP contribution in [-0.4, -0.2) is 47.0 Å². The molecule has 0 amide bonds. The van der Waals surface area contributed by atoms with Gasteiger partial charge in [0, 0.05) is 48.6 Å². The second kappa shape index (κ2) is 10.2. The molecule has 0 aliphatic carbocycles. The number of sulfone groups is 1. The topological polar surface area (TPSA) is 104 Å². The van der Waals surface area contributed by atoms with Gasteiger partial charge < -0.3 is 10.2 Å². The zero-order valence-electron chi connectivity index (χ0n) is 20.1. The van der Waals surface area contributed by atoms with E-state index in [9.17, 15) is 16.8 Å². The number of hydrogen-bond donors (Lipinski definition) is 2. The minimum absolute atomic E-state index is 0.243. The van der Waals surface area contributed by atoms with E-state index in [1.807, 2.05) is 68.4 Å². The van der Waals surface area contributed by atoms with Gasteiger partial charge in [0.15, 0.2) is 9.84 Å². The smallest absolute Gasteiger partial charge is 0.319 e. The number of nitrogens with one attached hydrogen (secondary N) is 1. The summed E-state index contributed by atoms with van der Waals surface area (Å²) in [6, 6.07) is 12.9. The maximum Gasteiger partial charge on any atom is 0.319 e. The number of nitrogens with zero attached hydrogens (tertiary/aromatic N) is 1. The highest BCUT2D eigenvalue weighted by atomic mass is 33.1. The first-order valence-electron chi connectivity index (χ1n) is 10.8. The van der Waals surface area contributed by atoms with Crippen LogP contribution in [0.25, 0.3) is 5.57 Å². The molecule has 0 aromatic heterocycles. The Bertz CT molecular complexity index is 1390. The van der Waals surface area contributed by atoms with E-state index in [2.05, 4.69) is 11.9 Å². The highest BCUT2D eigenvalue weighted by Gasteiger charge is 2.28. The highest BCUT2D eigenvalue weighted by Crippen LogP contribution is 2.39. The second-order valence-electron chi connectivity index (χ2n) is 8.93. The van der Waals surface area contributed by atoms with Crippen molar-refractivity contribution in [1.82, 2.24) is 0 Å². The Kier molecular flexibility index (Phi) is 7.90. The Labute approximate surface area is 211 Å². The fraction of sp³-hybridized carbons (Fsp3) is 0.280. The van der Waals surface area contributed by atoms with E-state index in [0.29, 0.717) is 17.3 Å². The van der Waals surface area contributed by atoms with Crippen molar-refractivity contribution >= 4 is 46.7 Å². The lowest BCUT2D eigenvalue weighted by Crippen LogP contribution is -2.21. The minimum atomic E-state index is -4.05. The SMILES string of the molecule is C=C1/C=C(c2ccc(N(C)CCSS(=O)(=O)O)cc2)\C=C/Nc2ccc(S(C)(=O)=O)cc2C1(C)C. The van der Waals surface area contributed by atoms with E-state index in [1.165, 1.54) is 6.26 Å². The molecule has 1 heterocycles. The van der Waals surface area contributed by atoms with E-state index in [1.54, 1.807) is 18.2 Å². The number of benzene rings is 2. The molecule has 3 rings (SSSR count). The Morgan fingerprint density at radius 2 is 1.74 bits per heavy atom. The fourth-order valence-electron chi connectivity index (χ4n) is 3.70. The van der Waals surface area contributed by atoms with Crippen molar-refractivity contribution in [1.29, 1.82) is 0 Å². The molecule has 0 spiro atoms. The lowest BCUT2D eigenvalue weighted by atomic mass is 9.76. The molecule has 0 radical (unpaired) electrons. The molecule has 0 unspecified atom stereocenters. The van der Waals surface area contributed by atoms with E-state index < -0.39 is 24.4 Å². The van der Waals surface area contributed by atoms with E-state index in [4.69, 9.17) is 4.55 Å². The van der Waals surface area contributed by atoms with Crippen molar-refractivity contribution in [3.8, 4) is 0 Å². The third-order valence-electron chi connectivity index (χ3n) is 6.03. The fourth-order valence-corrected chi connectivity index (χ4v) is 5.77. The summed E-state index contributed by atoms with van der Waals surface area (Å²) in [7, 11) is -5.04. The number of rotatable bonds is 7. The van der Waals surface area contributed by atoms with Crippen LogP contribution in [0, 0.1) is 0 Å². The standard InChI is InChI=1S/C25H30N2O5S3/c1-18-16-20(19-6-8-21(9-7-19)27(4)14-15-33-35(30,31)32)12-13-26-24-11-10-22(34(5,28)29)17-23(24)25(18,2)3/h6-13,16-17,26H,1,14-15H2,2-5H3,(H,30,31,32)/b13-12-,20-16+. The van der Waals surface area contributed by atoms with Gasteiger partial charge in [-0.05, 0) is 69.5 Å². The molecular formula is C25H30N2O5S3. The van der Waals surface area contributed by atoms with Crippen molar-refractivity contribution in [3.05, 3.63) is 84.1 Å². The van der Waals surface area contributed by atoms with Gasteiger partial charge in [0.05, 0.1) is 4.90 Å². The van der Waals surface area contributed by atoms with Crippen LogP contribution in [-0.2, 0) is 24.4 Å². The zero-order valence-corrected chi connectivity index (χ0v) is 22.6. The average molecular weight is 535 g/mol. The summed E-state index contributed by atoms with van der Waals surface area (Å²) in [4.78, 5) is 2.18. The molecule has 1 aliphatic rings. The van der Waals surface area contributed by atoms with Crippen LogP contribution in [0.15, 0.2) is 77.9 Å².